The first-order valence-corrected chi connectivity index (χ1v) is 6.93. The van der Waals surface area contributed by atoms with Crippen LogP contribution in [0.5, 0.6) is 11.6 Å². The quantitative estimate of drug-likeness (QED) is 0.907. The number of nitrogens with one attached hydrogen (secondary N) is 1. The first kappa shape index (κ1) is 13.6. The van der Waals surface area contributed by atoms with Crippen LogP contribution in [0.2, 0.25) is 0 Å². The molecule has 3 N–H and O–H groups in total. The van der Waals surface area contributed by atoms with Gasteiger partial charge in [0.25, 0.3) is 0 Å². The molecule has 5 heteroatoms. The minimum atomic E-state index is 0.0573. The third-order valence-corrected chi connectivity index (χ3v) is 3.48. The van der Waals surface area contributed by atoms with E-state index >= 15 is 0 Å². The normalized spacial score (nSPS) is 13.5. The molecule has 1 aromatic carbocycles. The minimum absolute atomic E-state index is 0.0573. The molecule has 0 spiro atoms. The number of nitrogens with two attached hydrogens (primary N) is 1. The third kappa shape index (κ3) is 2.87. The lowest BCUT2D eigenvalue weighted by Crippen LogP contribution is -2.18. The standard InChI is InChI=1S/C16H17N3O2/c1-10-2-3-12(9-17)16(18-10)21-13-5-6-14-11(8-13)4-7-15(20)19-14/h2-3,5-6,8H,4,7,9,17H2,1H3,(H,19,20). The highest BCUT2D eigenvalue weighted by molar-refractivity contribution is 5.94. The van der Waals surface area contributed by atoms with Crippen molar-refractivity contribution in [3.8, 4) is 11.6 Å². The van der Waals surface area contributed by atoms with Gasteiger partial charge in [0.05, 0.1) is 0 Å². The van der Waals surface area contributed by atoms with Gasteiger partial charge in [0.1, 0.15) is 5.75 Å². The van der Waals surface area contributed by atoms with Crippen molar-refractivity contribution in [1.82, 2.24) is 4.98 Å². The van der Waals surface area contributed by atoms with Crippen molar-refractivity contribution in [3.05, 3.63) is 47.2 Å². The number of pyridine rings is 1. The van der Waals surface area contributed by atoms with Crippen LogP contribution >= 0.6 is 0 Å². The lowest BCUT2D eigenvalue weighted by atomic mass is 10.0. The van der Waals surface area contributed by atoms with E-state index in [2.05, 4.69) is 10.3 Å². The van der Waals surface area contributed by atoms with Gasteiger partial charge in [0, 0.05) is 29.9 Å². The summed E-state index contributed by atoms with van der Waals surface area (Å²) in [6.07, 6.45) is 1.23. The van der Waals surface area contributed by atoms with Crippen LogP contribution in [-0.2, 0) is 17.8 Å². The maximum absolute atomic E-state index is 11.4. The monoisotopic (exact) mass is 283 g/mol. The van der Waals surface area contributed by atoms with Crippen molar-refractivity contribution in [2.75, 3.05) is 5.32 Å². The van der Waals surface area contributed by atoms with Crippen LogP contribution in [0.3, 0.4) is 0 Å². The number of aryl methyl sites for hydroxylation is 2. The number of fused-ring (bicyclic) bond motifs is 1. The lowest BCUT2D eigenvalue weighted by molar-refractivity contribution is -0.116. The fourth-order valence-corrected chi connectivity index (χ4v) is 2.34. The molecule has 0 aliphatic carbocycles. The van der Waals surface area contributed by atoms with Gasteiger partial charge < -0.3 is 15.8 Å². The maximum Gasteiger partial charge on any atom is 0.224 e. The van der Waals surface area contributed by atoms with Crippen molar-refractivity contribution in [3.63, 3.8) is 0 Å². The highest BCUT2D eigenvalue weighted by atomic mass is 16.5. The molecule has 0 unspecified atom stereocenters. The van der Waals surface area contributed by atoms with Crippen LogP contribution in [0.25, 0.3) is 0 Å². The number of carbonyl (C=O) groups excluding carboxylic acids is 1. The molecule has 1 aliphatic heterocycles. The molecule has 0 fully saturated rings. The summed E-state index contributed by atoms with van der Waals surface area (Å²) < 4.78 is 5.87. The predicted octanol–water partition coefficient (Wildman–Crippen LogP) is 2.53. The van der Waals surface area contributed by atoms with E-state index in [1.54, 1.807) is 0 Å². The van der Waals surface area contributed by atoms with Gasteiger partial charge in [-0.3, -0.25) is 4.79 Å². The smallest absolute Gasteiger partial charge is 0.224 e. The van der Waals surface area contributed by atoms with E-state index in [-0.39, 0.29) is 5.91 Å². The molecule has 21 heavy (non-hydrogen) atoms. The zero-order valence-corrected chi connectivity index (χ0v) is 11.8. The van der Waals surface area contributed by atoms with Crippen LogP contribution in [0, 0.1) is 6.92 Å². The molecule has 0 atom stereocenters. The number of hydrogen-bond acceptors (Lipinski definition) is 4. The molecule has 1 aliphatic rings. The van der Waals surface area contributed by atoms with Crippen molar-refractivity contribution in [2.24, 2.45) is 5.73 Å². The molecule has 0 bridgehead atoms. The van der Waals surface area contributed by atoms with E-state index in [9.17, 15) is 4.79 Å². The number of amides is 1. The molecule has 3 rings (SSSR count). The van der Waals surface area contributed by atoms with Crippen LogP contribution in [0.15, 0.2) is 30.3 Å². The van der Waals surface area contributed by atoms with Gasteiger partial charge in [0.15, 0.2) is 0 Å². The summed E-state index contributed by atoms with van der Waals surface area (Å²) in [5, 5.41) is 2.85. The average Bonchev–Trinajstić information content (AvgIpc) is 2.48. The lowest BCUT2D eigenvalue weighted by Gasteiger charge is -2.18. The Kier molecular flexibility index (Phi) is 3.58. The number of ether oxygens (including phenoxy) is 1. The highest BCUT2D eigenvalue weighted by Gasteiger charge is 2.15. The fourth-order valence-electron chi connectivity index (χ4n) is 2.34. The van der Waals surface area contributed by atoms with Crippen LogP contribution in [-0.4, -0.2) is 10.9 Å². The number of hydrogen-bond donors (Lipinski definition) is 2. The molecule has 1 aromatic heterocycles. The average molecular weight is 283 g/mol. The van der Waals surface area contributed by atoms with Gasteiger partial charge in [-0.05, 0) is 43.2 Å². The van der Waals surface area contributed by atoms with E-state index < -0.39 is 0 Å². The van der Waals surface area contributed by atoms with E-state index in [1.165, 1.54) is 0 Å². The van der Waals surface area contributed by atoms with Gasteiger partial charge in [-0.2, -0.15) is 0 Å². The van der Waals surface area contributed by atoms with Crippen LogP contribution in [0.4, 0.5) is 5.69 Å². The van der Waals surface area contributed by atoms with Crippen molar-refractivity contribution < 1.29 is 9.53 Å². The molecular formula is C16H17N3O2. The minimum Gasteiger partial charge on any atom is -0.439 e. The molecule has 0 saturated carbocycles. The number of nitrogens with zero attached hydrogens (tertiary/aromatic N) is 1. The molecule has 0 saturated heterocycles. The Balaban J connectivity index is 1.89. The van der Waals surface area contributed by atoms with E-state index in [1.807, 2.05) is 37.3 Å². The molecule has 1 amide bonds. The zero-order valence-electron chi connectivity index (χ0n) is 11.8. The largest absolute Gasteiger partial charge is 0.439 e. The van der Waals surface area contributed by atoms with Crippen LogP contribution in [0.1, 0.15) is 23.2 Å². The number of anilines is 1. The Morgan fingerprint density at radius 1 is 1.29 bits per heavy atom. The summed E-state index contributed by atoms with van der Waals surface area (Å²) >= 11 is 0. The van der Waals surface area contributed by atoms with Gasteiger partial charge in [0.2, 0.25) is 11.8 Å². The zero-order chi connectivity index (χ0) is 14.8. The molecule has 5 nitrogen and oxygen atoms in total. The summed E-state index contributed by atoms with van der Waals surface area (Å²) in [5.74, 6) is 1.30. The predicted molar refractivity (Wildman–Crippen MR) is 80.3 cm³/mol. The van der Waals surface area contributed by atoms with Crippen molar-refractivity contribution >= 4 is 11.6 Å². The number of rotatable bonds is 3. The Morgan fingerprint density at radius 3 is 2.95 bits per heavy atom. The third-order valence-electron chi connectivity index (χ3n) is 3.48. The first-order chi connectivity index (χ1) is 10.2. The van der Waals surface area contributed by atoms with Crippen molar-refractivity contribution in [2.45, 2.75) is 26.3 Å². The van der Waals surface area contributed by atoms with E-state index in [0.29, 0.717) is 24.6 Å². The SMILES string of the molecule is Cc1ccc(CN)c(Oc2ccc3c(c2)CCC(=O)N3)n1. The molecule has 2 heterocycles. The Hall–Kier alpha value is -2.40. The molecule has 2 aromatic rings. The van der Waals surface area contributed by atoms with Gasteiger partial charge in [-0.25, -0.2) is 4.98 Å². The molecule has 108 valence electrons. The summed E-state index contributed by atoms with van der Waals surface area (Å²) in [5.41, 5.74) is 9.40. The topological polar surface area (TPSA) is 77.2 Å². The second-order valence-electron chi connectivity index (χ2n) is 5.09. The van der Waals surface area contributed by atoms with Crippen molar-refractivity contribution in [1.29, 1.82) is 0 Å². The number of aromatic nitrogens is 1. The summed E-state index contributed by atoms with van der Waals surface area (Å²) in [7, 11) is 0. The number of carbonyl (C=O) groups is 1. The molecular weight excluding hydrogens is 266 g/mol. The highest BCUT2D eigenvalue weighted by Crippen LogP contribution is 2.30. The first-order valence-electron chi connectivity index (χ1n) is 6.93. The summed E-state index contributed by atoms with van der Waals surface area (Å²) in [4.78, 5) is 15.7. The van der Waals surface area contributed by atoms with Gasteiger partial charge in [-0.1, -0.05) is 6.07 Å². The fraction of sp³-hybridized carbons (Fsp3) is 0.250. The second-order valence-corrected chi connectivity index (χ2v) is 5.09. The maximum atomic E-state index is 11.4. The second kappa shape index (κ2) is 5.54. The Labute approximate surface area is 123 Å². The van der Waals surface area contributed by atoms with E-state index in [4.69, 9.17) is 10.5 Å². The summed E-state index contributed by atoms with van der Waals surface area (Å²) in [6, 6.07) is 9.47. The molecule has 0 radical (unpaired) electrons. The van der Waals surface area contributed by atoms with E-state index in [0.717, 1.165) is 28.9 Å². The number of benzene rings is 1. The van der Waals surface area contributed by atoms with Crippen LogP contribution < -0.4 is 15.8 Å². The van der Waals surface area contributed by atoms with Gasteiger partial charge in [-0.15, -0.1) is 0 Å². The Morgan fingerprint density at radius 2 is 2.14 bits per heavy atom. The summed E-state index contributed by atoms with van der Waals surface area (Å²) in [6.45, 7) is 2.29. The Bertz CT molecular complexity index is 698. The van der Waals surface area contributed by atoms with Gasteiger partial charge >= 0.3 is 0 Å².